The average Bonchev–Trinajstić information content (AvgIpc) is 3.37. The fraction of sp³-hybridized carbons (Fsp3) is 0.719. The molecule has 0 unspecified atom stereocenters. The number of likely N-dealkylation sites (N-methyl/N-ethyl adjacent to an activating group) is 1. The lowest BCUT2D eigenvalue weighted by molar-refractivity contribution is -0.141. The molecule has 4 rings (SSSR count). The number of amides is 3. The van der Waals surface area contributed by atoms with Crippen molar-refractivity contribution >= 4 is 17.9 Å². The number of likely N-dealkylation sites (tertiary alicyclic amines) is 2. The molecule has 8 heteroatoms. The fourth-order valence-corrected chi connectivity index (χ4v) is 6.58. The standard InChI is InChI=1S/C32H50N4O4/c1-23(34(5)31(39)40-32(2,3)4)29(37)33-28(26-14-10-7-11-15-26)30(38)36-21-18-25-17-20-35(22-27(25)36)19-16-24-12-8-6-9-13-24/h6,8-9,12-13,23,25-28H,7,10-11,14-22H2,1-5H3,(H,33,37)/t23-,25+,27+,28-/m0/s1. The van der Waals surface area contributed by atoms with Crippen LogP contribution in [0.2, 0.25) is 0 Å². The minimum atomic E-state index is -0.747. The van der Waals surface area contributed by atoms with Gasteiger partial charge in [0.1, 0.15) is 17.7 Å². The SMILES string of the molecule is C[C@@H](C(=O)N[C@H](C(=O)N1CC[C@H]2CCN(CCc3ccccc3)C[C@H]21)C1CCCCC1)N(C)C(=O)OC(C)(C)C. The Hall–Kier alpha value is -2.61. The van der Waals surface area contributed by atoms with Crippen molar-refractivity contribution in [3.63, 3.8) is 0 Å². The Morgan fingerprint density at radius 1 is 1.02 bits per heavy atom. The van der Waals surface area contributed by atoms with E-state index in [1.54, 1.807) is 34.7 Å². The van der Waals surface area contributed by atoms with Crippen LogP contribution in [0, 0.1) is 11.8 Å². The van der Waals surface area contributed by atoms with Crippen LogP contribution in [0.5, 0.6) is 0 Å². The van der Waals surface area contributed by atoms with E-state index in [4.69, 9.17) is 4.74 Å². The topological polar surface area (TPSA) is 82.2 Å². The first-order valence-corrected chi connectivity index (χ1v) is 15.4. The third-order valence-corrected chi connectivity index (χ3v) is 9.12. The molecular formula is C32H50N4O4. The lowest BCUT2D eigenvalue weighted by atomic mass is 9.83. The predicted octanol–water partition coefficient (Wildman–Crippen LogP) is 4.47. The van der Waals surface area contributed by atoms with E-state index < -0.39 is 23.8 Å². The molecule has 0 aromatic heterocycles. The first-order valence-electron chi connectivity index (χ1n) is 15.4. The van der Waals surface area contributed by atoms with Crippen LogP contribution in [0.3, 0.4) is 0 Å². The van der Waals surface area contributed by atoms with Crippen LogP contribution in [0.15, 0.2) is 30.3 Å². The zero-order valence-electron chi connectivity index (χ0n) is 25.2. The molecule has 3 fully saturated rings. The molecule has 1 aromatic carbocycles. The first-order chi connectivity index (χ1) is 19.0. The number of piperidine rings is 1. The van der Waals surface area contributed by atoms with Crippen molar-refractivity contribution in [3.8, 4) is 0 Å². The molecule has 0 spiro atoms. The third kappa shape index (κ3) is 7.77. The summed E-state index contributed by atoms with van der Waals surface area (Å²) in [5.74, 6) is 0.406. The summed E-state index contributed by atoms with van der Waals surface area (Å²) in [7, 11) is 1.58. The molecule has 8 nitrogen and oxygen atoms in total. The number of fused-ring (bicyclic) bond motifs is 1. The lowest BCUT2D eigenvalue weighted by Gasteiger charge is -2.41. The summed E-state index contributed by atoms with van der Waals surface area (Å²) in [4.78, 5) is 46.2. The molecule has 1 N–H and O–H groups in total. The van der Waals surface area contributed by atoms with Crippen LogP contribution < -0.4 is 5.32 Å². The predicted molar refractivity (Wildman–Crippen MR) is 157 cm³/mol. The van der Waals surface area contributed by atoms with E-state index in [1.807, 2.05) is 0 Å². The van der Waals surface area contributed by atoms with Gasteiger partial charge in [0.2, 0.25) is 11.8 Å². The maximum Gasteiger partial charge on any atom is 0.410 e. The average molecular weight is 555 g/mol. The van der Waals surface area contributed by atoms with Crippen LogP contribution in [0.1, 0.15) is 78.2 Å². The number of nitrogens with one attached hydrogen (secondary N) is 1. The van der Waals surface area contributed by atoms with E-state index in [1.165, 1.54) is 16.9 Å². The second-order valence-corrected chi connectivity index (χ2v) is 13.1. The van der Waals surface area contributed by atoms with Crippen molar-refractivity contribution in [2.24, 2.45) is 11.8 Å². The van der Waals surface area contributed by atoms with Gasteiger partial charge in [0, 0.05) is 32.7 Å². The molecule has 2 heterocycles. The third-order valence-electron chi connectivity index (χ3n) is 9.12. The van der Waals surface area contributed by atoms with Gasteiger partial charge in [-0.05, 0) is 83.7 Å². The van der Waals surface area contributed by atoms with Crippen molar-refractivity contribution < 1.29 is 19.1 Å². The minimum Gasteiger partial charge on any atom is -0.444 e. The molecule has 1 aromatic rings. The normalized spacial score (nSPS) is 23.7. The van der Waals surface area contributed by atoms with E-state index in [0.717, 1.165) is 71.1 Å². The van der Waals surface area contributed by atoms with Crippen molar-refractivity contribution in [3.05, 3.63) is 35.9 Å². The summed E-state index contributed by atoms with van der Waals surface area (Å²) in [5.41, 5.74) is 0.693. The number of ether oxygens (including phenoxy) is 1. The van der Waals surface area contributed by atoms with Crippen molar-refractivity contribution in [1.29, 1.82) is 0 Å². The highest BCUT2D eigenvalue weighted by Crippen LogP contribution is 2.34. The lowest BCUT2D eigenvalue weighted by Crippen LogP contribution is -2.59. The largest absolute Gasteiger partial charge is 0.444 e. The summed E-state index contributed by atoms with van der Waals surface area (Å²) < 4.78 is 5.47. The monoisotopic (exact) mass is 554 g/mol. The van der Waals surface area contributed by atoms with Crippen LogP contribution >= 0.6 is 0 Å². The molecule has 0 bridgehead atoms. The number of rotatable bonds is 8. The maximum atomic E-state index is 14.2. The number of hydrogen-bond acceptors (Lipinski definition) is 5. The van der Waals surface area contributed by atoms with Gasteiger partial charge >= 0.3 is 6.09 Å². The highest BCUT2D eigenvalue weighted by atomic mass is 16.6. The van der Waals surface area contributed by atoms with Gasteiger partial charge in [0.15, 0.2) is 0 Å². The van der Waals surface area contributed by atoms with Crippen molar-refractivity contribution in [2.75, 3.05) is 33.2 Å². The molecular weight excluding hydrogens is 504 g/mol. The van der Waals surface area contributed by atoms with Crippen LogP contribution in [0.25, 0.3) is 0 Å². The summed E-state index contributed by atoms with van der Waals surface area (Å²) in [6.45, 7) is 10.8. The summed E-state index contributed by atoms with van der Waals surface area (Å²) in [6, 6.07) is 9.48. The quantitative estimate of drug-likeness (QED) is 0.513. The number of benzene rings is 1. The highest BCUT2D eigenvalue weighted by Gasteiger charge is 2.44. The number of carbonyl (C=O) groups excluding carboxylic acids is 3. The van der Waals surface area contributed by atoms with E-state index >= 15 is 0 Å². The molecule has 4 atom stereocenters. The molecule has 3 amide bonds. The van der Waals surface area contributed by atoms with Crippen molar-refractivity contribution in [2.45, 2.75) is 103 Å². The van der Waals surface area contributed by atoms with E-state index in [-0.39, 0.29) is 23.8 Å². The number of hydrogen-bond donors (Lipinski definition) is 1. The van der Waals surface area contributed by atoms with Crippen LogP contribution in [-0.2, 0) is 20.7 Å². The Morgan fingerprint density at radius 3 is 2.38 bits per heavy atom. The summed E-state index contributed by atoms with van der Waals surface area (Å²) in [6.07, 6.45) is 7.83. The van der Waals surface area contributed by atoms with Gasteiger partial charge < -0.3 is 19.9 Å². The van der Waals surface area contributed by atoms with Gasteiger partial charge in [-0.15, -0.1) is 0 Å². The van der Waals surface area contributed by atoms with Gasteiger partial charge in [-0.2, -0.15) is 0 Å². The summed E-state index contributed by atoms with van der Waals surface area (Å²) in [5, 5.41) is 3.12. The van der Waals surface area contributed by atoms with Gasteiger partial charge in [-0.25, -0.2) is 4.79 Å². The minimum absolute atomic E-state index is 0.0600. The second-order valence-electron chi connectivity index (χ2n) is 13.1. The Kier molecular flexibility index (Phi) is 10.1. The maximum absolute atomic E-state index is 14.2. The molecule has 2 aliphatic heterocycles. The summed E-state index contributed by atoms with van der Waals surface area (Å²) >= 11 is 0. The van der Waals surface area contributed by atoms with E-state index in [0.29, 0.717) is 5.92 Å². The Morgan fingerprint density at radius 2 is 1.70 bits per heavy atom. The molecule has 40 heavy (non-hydrogen) atoms. The van der Waals surface area contributed by atoms with Gasteiger partial charge in [-0.1, -0.05) is 49.6 Å². The van der Waals surface area contributed by atoms with Crippen LogP contribution in [0.4, 0.5) is 4.79 Å². The Balaban J connectivity index is 1.43. The van der Waals surface area contributed by atoms with Crippen LogP contribution in [-0.4, -0.2) is 89.6 Å². The molecule has 3 aliphatic rings. The zero-order valence-corrected chi connectivity index (χ0v) is 25.2. The zero-order chi connectivity index (χ0) is 28.9. The van der Waals surface area contributed by atoms with Gasteiger partial charge in [0.05, 0.1) is 0 Å². The van der Waals surface area contributed by atoms with E-state index in [2.05, 4.69) is 45.4 Å². The molecule has 2 saturated heterocycles. The molecule has 1 saturated carbocycles. The highest BCUT2D eigenvalue weighted by molar-refractivity contribution is 5.91. The van der Waals surface area contributed by atoms with Crippen molar-refractivity contribution in [1.82, 2.24) is 20.0 Å². The first kappa shape index (κ1) is 30.4. The smallest absolute Gasteiger partial charge is 0.410 e. The Bertz CT molecular complexity index is 1000. The fourth-order valence-electron chi connectivity index (χ4n) is 6.58. The number of carbonyl (C=O) groups is 3. The Labute approximate surface area is 240 Å². The molecule has 222 valence electrons. The van der Waals surface area contributed by atoms with Gasteiger partial charge in [0.25, 0.3) is 0 Å². The second kappa shape index (κ2) is 13.4. The van der Waals surface area contributed by atoms with Gasteiger partial charge in [-0.3, -0.25) is 14.5 Å². The number of nitrogens with zero attached hydrogens (tertiary/aromatic N) is 3. The molecule has 1 aliphatic carbocycles. The molecule has 0 radical (unpaired) electrons. The van der Waals surface area contributed by atoms with E-state index in [9.17, 15) is 14.4 Å².